The van der Waals surface area contributed by atoms with Crippen LogP contribution >= 0.6 is 0 Å². The molecule has 0 aliphatic carbocycles. The summed E-state index contributed by atoms with van der Waals surface area (Å²) in [5.41, 5.74) is 0. The van der Waals surface area contributed by atoms with Crippen LogP contribution in [0.3, 0.4) is 0 Å². The van der Waals surface area contributed by atoms with Gasteiger partial charge in [-0.2, -0.15) is 0 Å². The maximum absolute atomic E-state index is 5.13. The van der Waals surface area contributed by atoms with Gasteiger partial charge in [-0.3, -0.25) is 0 Å². The fraction of sp³-hybridized carbons (Fsp3) is 1.00. The summed E-state index contributed by atoms with van der Waals surface area (Å²) in [4.78, 5) is 0. The fourth-order valence-electron chi connectivity index (χ4n) is 0.683. The third-order valence-electron chi connectivity index (χ3n) is 1.37. The first-order valence-corrected chi connectivity index (χ1v) is 6.95. The van der Waals surface area contributed by atoms with Gasteiger partial charge >= 0.3 is 59.1 Å². The van der Waals surface area contributed by atoms with E-state index in [9.17, 15) is 0 Å². The van der Waals surface area contributed by atoms with Crippen LogP contribution in [0.4, 0.5) is 0 Å². The quantitative estimate of drug-likeness (QED) is 0.623. The average Bonchev–Trinajstić information content (AvgIpc) is 1.95. The Kier molecular flexibility index (Phi) is 4.47. The zero-order valence-electron chi connectivity index (χ0n) is 6.43. The van der Waals surface area contributed by atoms with Gasteiger partial charge in [-0.15, -0.1) is 0 Å². The second-order valence-corrected chi connectivity index (χ2v) is 8.57. The van der Waals surface area contributed by atoms with Crippen LogP contribution in [0.25, 0.3) is 0 Å². The summed E-state index contributed by atoms with van der Waals surface area (Å²) >= 11 is -2.67. The minimum absolute atomic E-state index is 0.865. The first-order valence-electron chi connectivity index (χ1n) is 2.90. The normalized spacial score (nSPS) is 12.0. The monoisotopic (exact) mass is 196 g/mol. The Balaban J connectivity index is 3.82. The Morgan fingerprint density at radius 2 is 1.33 bits per heavy atom. The minimum atomic E-state index is -2.67. The van der Waals surface area contributed by atoms with E-state index >= 15 is 0 Å². The second kappa shape index (κ2) is 4.27. The Hall–Kier alpha value is 0.423. The molecule has 0 bridgehead atoms. The van der Waals surface area contributed by atoms with Gasteiger partial charge in [0.15, 0.2) is 0 Å². The molecular weight excluding hydrogens is 181 g/mol. The molecule has 3 nitrogen and oxygen atoms in total. The molecular formula is C5H14GeO3. The van der Waals surface area contributed by atoms with E-state index < -0.39 is 14.3 Å². The summed E-state index contributed by atoms with van der Waals surface area (Å²) in [7, 11) is 4.91. The molecule has 0 aromatic rings. The van der Waals surface area contributed by atoms with Crippen LogP contribution in [-0.2, 0) is 11.3 Å². The van der Waals surface area contributed by atoms with Crippen molar-refractivity contribution in [1.82, 2.24) is 0 Å². The molecule has 0 saturated carbocycles. The van der Waals surface area contributed by atoms with Crippen molar-refractivity contribution in [2.24, 2.45) is 0 Å². The van der Waals surface area contributed by atoms with E-state index in [1.807, 2.05) is 6.92 Å². The van der Waals surface area contributed by atoms with E-state index in [2.05, 4.69) is 0 Å². The van der Waals surface area contributed by atoms with Gasteiger partial charge in [-0.25, -0.2) is 0 Å². The van der Waals surface area contributed by atoms with E-state index in [0.29, 0.717) is 0 Å². The first kappa shape index (κ1) is 9.42. The molecule has 0 N–H and O–H groups in total. The maximum atomic E-state index is 5.13. The predicted molar refractivity (Wildman–Crippen MR) is 37.3 cm³/mol. The van der Waals surface area contributed by atoms with Gasteiger partial charge in [0, 0.05) is 0 Å². The molecule has 0 radical (unpaired) electrons. The zero-order chi connectivity index (χ0) is 7.33. The van der Waals surface area contributed by atoms with Crippen molar-refractivity contribution in [2.75, 3.05) is 21.3 Å². The van der Waals surface area contributed by atoms with E-state index in [1.54, 1.807) is 21.3 Å². The molecule has 0 amide bonds. The van der Waals surface area contributed by atoms with Crippen LogP contribution in [0.15, 0.2) is 0 Å². The van der Waals surface area contributed by atoms with Crippen molar-refractivity contribution in [3.05, 3.63) is 0 Å². The number of hydrogen-bond acceptors (Lipinski definition) is 3. The van der Waals surface area contributed by atoms with Crippen molar-refractivity contribution < 1.29 is 11.3 Å². The summed E-state index contributed by atoms with van der Waals surface area (Å²) in [6.45, 7) is 2.01. The summed E-state index contributed by atoms with van der Waals surface area (Å²) in [6, 6.07) is 0. The van der Waals surface area contributed by atoms with Gasteiger partial charge < -0.3 is 0 Å². The van der Waals surface area contributed by atoms with Gasteiger partial charge in [0.2, 0.25) is 0 Å². The third kappa shape index (κ3) is 2.25. The molecule has 56 valence electrons. The molecule has 0 saturated heterocycles. The van der Waals surface area contributed by atoms with Gasteiger partial charge in [0.05, 0.1) is 0 Å². The van der Waals surface area contributed by atoms with Gasteiger partial charge in [-0.05, 0) is 0 Å². The standard InChI is InChI=1S/C5H14GeO3/c1-5-6(7-2,8-3)9-4/h5H2,1-4H3. The van der Waals surface area contributed by atoms with Gasteiger partial charge in [0.1, 0.15) is 0 Å². The number of rotatable bonds is 4. The molecule has 0 atom stereocenters. The van der Waals surface area contributed by atoms with Gasteiger partial charge in [-0.1, -0.05) is 0 Å². The molecule has 0 fully saturated rings. The molecule has 9 heavy (non-hydrogen) atoms. The third-order valence-corrected chi connectivity index (χ3v) is 7.10. The molecule has 0 spiro atoms. The SMILES string of the molecule is C[CH2][Ge]([O]C)([O]C)[O]C. The Morgan fingerprint density at radius 3 is 1.33 bits per heavy atom. The Labute approximate surface area is 59.7 Å². The summed E-state index contributed by atoms with van der Waals surface area (Å²) in [5, 5.41) is 0.865. The average molecular weight is 195 g/mol. The zero-order valence-corrected chi connectivity index (χ0v) is 8.53. The molecule has 0 aromatic heterocycles. The molecule has 4 heteroatoms. The fourth-order valence-corrected chi connectivity index (χ4v) is 3.55. The summed E-state index contributed by atoms with van der Waals surface area (Å²) < 4.78 is 15.4. The van der Waals surface area contributed by atoms with Crippen molar-refractivity contribution in [2.45, 2.75) is 12.2 Å². The van der Waals surface area contributed by atoms with Crippen molar-refractivity contribution in [3.63, 3.8) is 0 Å². The molecule has 0 unspecified atom stereocenters. The molecule has 0 aromatic carbocycles. The van der Waals surface area contributed by atoms with Gasteiger partial charge in [0.25, 0.3) is 0 Å². The Bertz CT molecular complexity index is 55.1. The predicted octanol–water partition coefficient (Wildman–Crippen LogP) is 0.884. The van der Waals surface area contributed by atoms with Crippen LogP contribution in [0.1, 0.15) is 6.92 Å². The van der Waals surface area contributed by atoms with Crippen LogP contribution < -0.4 is 0 Å². The first-order chi connectivity index (χ1) is 4.24. The summed E-state index contributed by atoms with van der Waals surface area (Å²) in [6.07, 6.45) is 0. The molecule has 0 aliphatic rings. The Morgan fingerprint density at radius 1 is 1.00 bits per heavy atom. The summed E-state index contributed by atoms with van der Waals surface area (Å²) in [5.74, 6) is 0. The topological polar surface area (TPSA) is 27.7 Å². The van der Waals surface area contributed by atoms with Crippen molar-refractivity contribution in [3.8, 4) is 0 Å². The van der Waals surface area contributed by atoms with Crippen LogP contribution in [0.5, 0.6) is 0 Å². The van der Waals surface area contributed by atoms with E-state index in [4.69, 9.17) is 11.3 Å². The van der Waals surface area contributed by atoms with Crippen LogP contribution in [0.2, 0.25) is 5.25 Å². The second-order valence-electron chi connectivity index (χ2n) is 1.65. The molecule has 0 heterocycles. The number of hydrogen-bond donors (Lipinski definition) is 0. The van der Waals surface area contributed by atoms with E-state index in [1.165, 1.54) is 0 Å². The van der Waals surface area contributed by atoms with E-state index in [-0.39, 0.29) is 0 Å². The van der Waals surface area contributed by atoms with Crippen LogP contribution in [0, 0.1) is 0 Å². The van der Waals surface area contributed by atoms with Crippen molar-refractivity contribution in [1.29, 1.82) is 0 Å². The van der Waals surface area contributed by atoms with E-state index in [0.717, 1.165) is 5.25 Å². The van der Waals surface area contributed by atoms with Crippen LogP contribution in [-0.4, -0.2) is 35.6 Å². The van der Waals surface area contributed by atoms with Crippen molar-refractivity contribution >= 4 is 14.3 Å². The molecule has 0 aliphatic heterocycles. The molecule has 0 rings (SSSR count).